The zero-order chi connectivity index (χ0) is 20.4. The van der Waals surface area contributed by atoms with Crippen LogP contribution >= 0.6 is 11.8 Å². The molecular formula is C22H19N3O3S. The summed E-state index contributed by atoms with van der Waals surface area (Å²) >= 11 is 1.44. The molecule has 0 spiro atoms. The third-order valence-electron chi connectivity index (χ3n) is 4.76. The van der Waals surface area contributed by atoms with Gasteiger partial charge in [0, 0.05) is 29.4 Å². The van der Waals surface area contributed by atoms with E-state index >= 15 is 0 Å². The van der Waals surface area contributed by atoms with E-state index in [4.69, 9.17) is 4.74 Å². The van der Waals surface area contributed by atoms with Crippen LogP contribution < -0.4 is 5.32 Å². The number of carbonyl (C=O) groups excluding carboxylic acids is 2. The summed E-state index contributed by atoms with van der Waals surface area (Å²) in [5.74, 6) is -0.828. The number of benzene rings is 2. The second-order valence-electron chi connectivity index (χ2n) is 7.02. The average molecular weight is 405 g/mol. The van der Waals surface area contributed by atoms with Gasteiger partial charge < -0.3 is 10.1 Å². The van der Waals surface area contributed by atoms with Crippen LogP contribution in [-0.4, -0.2) is 27.4 Å². The molecule has 1 unspecified atom stereocenters. The van der Waals surface area contributed by atoms with Gasteiger partial charge in [-0.15, -0.1) is 0 Å². The van der Waals surface area contributed by atoms with Crippen LogP contribution in [0.3, 0.4) is 0 Å². The van der Waals surface area contributed by atoms with Gasteiger partial charge in [-0.1, -0.05) is 18.2 Å². The number of anilines is 1. The molecule has 29 heavy (non-hydrogen) atoms. The molecule has 1 aromatic heterocycles. The lowest BCUT2D eigenvalue weighted by Gasteiger charge is -2.33. The van der Waals surface area contributed by atoms with Gasteiger partial charge in [-0.2, -0.15) is 0 Å². The molecule has 4 rings (SSSR count). The summed E-state index contributed by atoms with van der Waals surface area (Å²) < 4.78 is 5.51. The van der Waals surface area contributed by atoms with Crippen LogP contribution in [-0.2, 0) is 16.0 Å². The zero-order valence-electron chi connectivity index (χ0n) is 16.0. The Morgan fingerprint density at radius 1 is 1.14 bits per heavy atom. The molecule has 3 aromatic rings. The molecule has 146 valence electrons. The van der Waals surface area contributed by atoms with E-state index in [2.05, 4.69) is 15.3 Å². The van der Waals surface area contributed by atoms with Crippen molar-refractivity contribution in [1.29, 1.82) is 0 Å². The van der Waals surface area contributed by atoms with E-state index in [1.165, 1.54) is 11.8 Å². The monoisotopic (exact) mass is 405 g/mol. The SMILES string of the molecule is Cc1cc(Sc2ncccn2)ccc1NC(=O)C1(C)Cc2ccccc2C(=O)O1. The Balaban J connectivity index is 1.50. The average Bonchev–Trinajstić information content (AvgIpc) is 2.70. The minimum Gasteiger partial charge on any atom is -0.445 e. The summed E-state index contributed by atoms with van der Waals surface area (Å²) in [5.41, 5.74) is 1.63. The quantitative estimate of drug-likeness (QED) is 0.521. The van der Waals surface area contributed by atoms with E-state index in [0.717, 1.165) is 16.0 Å². The number of esters is 1. The van der Waals surface area contributed by atoms with Gasteiger partial charge in [0.15, 0.2) is 10.8 Å². The topological polar surface area (TPSA) is 81.2 Å². The number of aromatic nitrogens is 2. The molecule has 0 bridgehead atoms. The lowest BCUT2D eigenvalue weighted by Crippen LogP contribution is -2.49. The van der Waals surface area contributed by atoms with Crippen LogP contribution in [0, 0.1) is 6.92 Å². The summed E-state index contributed by atoms with van der Waals surface area (Å²) in [6, 6.07) is 14.7. The Morgan fingerprint density at radius 3 is 2.66 bits per heavy atom. The van der Waals surface area contributed by atoms with Gasteiger partial charge >= 0.3 is 5.97 Å². The minimum atomic E-state index is -1.26. The Bertz CT molecular complexity index is 1090. The molecule has 1 N–H and O–H groups in total. The first-order valence-electron chi connectivity index (χ1n) is 9.13. The molecule has 2 heterocycles. The van der Waals surface area contributed by atoms with Crippen molar-refractivity contribution >= 4 is 29.3 Å². The van der Waals surface area contributed by atoms with E-state index in [9.17, 15) is 9.59 Å². The van der Waals surface area contributed by atoms with Crippen molar-refractivity contribution in [3.63, 3.8) is 0 Å². The third-order valence-corrected chi connectivity index (χ3v) is 5.64. The van der Waals surface area contributed by atoms with Crippen molar-refractivity contribution in [3.05, 3.63) is 77.6 Å². The first-order valence-corrected chi connectivity index (χ1v) is 9.94. The van der Waals surface area contributed by atoms with Gasteiger partial charge in [0.25, 0.3) is 5.91 Å². The van der Waals surface area contributed by atoms with Crippen LogP contribution in [0.1, 0.15) is 28.4 Å². The summed E-state index contributed by atoms with van der Waals surface area (Å²) in [6.07, 6.45) is 3.72. The van der Waals surface area contributed by atoms with Crippen LogP contribution in [0.5, 0.6) is 0 Å². The molecule has 7 heteroatoms. The van der Waals surface area contributed by atoms with Gasteiger partial charge in [0.05, 0.1) is 5.56 Å². The van der Waals surface area contributed by atoms with E-state index in [1.54, 1.807) is 37.5 Å². The van der Waals surface area contributed by atoms with Crippen LogP contribution in [0.15, 0.2) is 71.0 Å². The summed E-state index contributed by atoms with van der Waals surface area (Å²) in [6.45, 7) is 3.55. The number of fused-ring (bicyclic) bond motifs is 1. The number of amides is 1. The van der Waals surface area contributed by atoms with Crippen LogP contribution in [0.2, 0.25) is 0 Å². The molecule has 0 aliphatic carbocycles. The predicted molar refractivity (Wildman–Crippen MR) is 110 cm³/mol. The number of aryl methyl sites for hydroxylation is 1. The first kappa shape index (κ1) is 19.1. The number of hydrogen-bond donors (Lipinski definition) is 1. The molecule has 0 saturated carbocycles. The zero-order valence-corrected chi connectivity index (χ0v) is 16.8. The Kier molecular flexibility index (Phi) is 5.07. The van der Waals surface area contributed by atoms with E-state index in [-0.39, 0.29) is 5.91 Å². The maximum absolute atomic E-state index is 13.0. The van der Waals surface area contributed by atoms with Gasteiger partial charge in [0.2, 0.25) is 0 Å². The van der Waals surface area contributed by atoms with Gasteiger partial charge in [-0.25, -0.2) is 14.8 Å². The van der Waals surface area contributed by atoms with Crippen molar-refractivity contribution < 1.29 is 14.3 Å². The Morgan fingerprint density at radius 2 is 1.90 bits per heavy atom. The molecule has 2 aromatic carbocycles. The number of ether oxygens (including phenoxy) is 1. The number of rotatable bonds is 4. The highest BCUT2D eigenvalue weighted by atomic mass is 32.2. The normalized spacial score (nSPS) is 17.9. The Hall–Kier alpha value is -3.19. The highest BCUT2D eigenvalue weighted by Crippen LogP contribution is 2.31. The van der Waals surface area contributed by atoms with E-state index in [0.29, 0.717) is 22.8 Å². The highest BCUT2D eigenvalue weighted by Gasteiger charge is 2.42. The maximum Gasteiger partial charge on any atom is 0.339 e. The fraction of sp³-hybridized carbons (Fsp3) is 0.182. The number of hydrogen-bond acceptors (Lipinski definition) is 6. The summed E-state index contributed by atoms with van der Waals surface area (Å²) in [7, 11) is 0. The first-order chi connectivity index (χ1) is 13.9. The van der Waals surface area contributed by atoms with Crippen molar-refractivity contribution in [2.24, 2.45) is 0 Å². The number of nitrogens with one attached hydrogen (secondary N) is 1. The second-order valence-corrected chi connectivity index (χ2v) is 8.06. The molecule has 0 fully saturated rings. The smallest absolute Gasteiger partial charge is 0.339 e. The third kappa shape index (κ3) is 4.00. The molecule has 1 atom stereocenters. The fourth-order valence-corrected chi connectivity index (χ4v) is 4.01. The van der Waals surface area contributed by atoms with Crippen molar-refractivity contribution in [1.82, 2.24) is 9.97 Å². The number of carbonyl (C=O) groups is 2. The predicted octanol–water partition coefficient (Wildman–Crippen LogP) is 4.05. The standard InChI is InChI=1S/C22H19N3O3S/c1-14-12-16(29-21-23-10-5-11-24-21)8-9-18(14)25-20(27)22(2)13-15-6-3-4-7-17(15)19(26)28-22/h3-12H,13H2,1-2H3,(H,25,27). The lowest BCUT2D eigenvalue weighted by atomic mass is 9.89. The molecule has 0 saturated heterocycles. The molecule has 1 aliphatic rings. The molecule has 0 radical (unpaired) electrons. The van der Waals surface area contributed by atoms with E-state index < -0.39 is 11.6 Å². The molecule has 1 aliphatic heterocycles. The molecular weight excluding hydrogens is 386 g/mol. The largest absolute Gasteiger partial charge is 0.445 e. The molecule has 6 nitrogen and oxygen atoms in total. The van der Waals surface area contributed by atoms with Crippen LogP contribution in [0.4, 0.5) is 5.69 Å². The summed E-state index contributed by atoms with van der Waals surface area (Å²) in [4.78, 5) is 34.7. The van der Waals surface area contributed by atoms with Gasteiger partial charge in [-0.05, 0) is 67.1 Å². The summed E-state index contributed by atoms with van der Waals surface area (Å²) in [5, 5.41) is 3.56. The lowest BCUT2D eigenvalue weighted by molar-refractivity contribution is -0.134. The van der Waals surface area contributed by atoms with Crippen molar-refractivity contribution in [2.45, 2.75) is 35.9 Å². The van der Waals surface area contributed by atoms with Crippen molar-refractivity contribution in [2.75, 3.05) is 5.32 Å². The second kappa shape index (κ2) is 7.67. The maximum atomic E-state index is 13.0. The Labute approximate surface area is 172 Å². The van der Waals surface area contributed by atoms with Crippen LogP contribution in [0.25, 0.3) is 0 Å². The minimum absolute atomic E-state index is 0.332. The highest BCUT2D eigenvalue weighted by molar-refractivity contribution is 7.99. The fourth-order valence-electron chi connectivity index (χ4n) is 3.20. The van der Waals surface area contributed by atoms with Crippen molar-refractivity contribution in [3.8, 4) is 0 Å². The molecule has 1 amide bonds. The van der Waals surface area contributed by atoms with Gasteiger partial charge in [-0.3, -0.25) is 4.79 Å². The number of cyclic esters (lactones) is 1. The van der Waals surface area contributed by atoms with Gasteiger partial charge in [0.1, 0.15) is 0 Å². The number of nitrogens with zero attached hydrogens (tertiary/aromatic N) is 2. The van der Waals surface area contributed by atoms with E-state index in [1.807, 2.05) is 37.3 Å².